The molecule has 0 aromatic heterocycles. The molecule has 1 saturated heterocycles. The third-order valence-corrected chi connectivity index (χ3v) is 5.10. The standard InChI is InChI=1S/C23H30N4O.HI/c1-17(2)20-7-6-8-21(15-20)26-23(24)25-16-18-9-11-19(12-10-18)22(28)27-13-4-3-5-14-27;/h6-12,15,17H,3-5,13-14,16H2,1-2H3,(H3,24,25,26);1H. The number of piperidine rings is 1. The van der Waals surface area contributed by atoms with E-state index in [0.29, 0.717) is 18.4 Å². The molecular weight excluding hydrogens is 475 g/mol. The summed E-state index contributed by atoms with van der Waals surface area (Å²) in [6, 6.07) is 15.9. The minimum atomic E-state index is 0. The number of nitrogens with one attached hydrogen (secondary N) is 1. The first-order valence-electron chi connectivity index (χ1n) is 10.1. The summed E-state index contributed by atoms with van der Waals surface area (Å²) in [5, 5.41) is 3.15. The fourth-order valence-electron chi connectivity index (χ4n) is 3.37. The molecule has 0 aliphatic carbocycles. The van der Waals surface area contributed by atoms with Crippen LogP contribution in [0.3, 0.4) is 0 Å². The highest BCUT2D eigenvalue weighted by molar-refractivity contribution is 14.0. The lowest BCUT2D eigenvalue weighted by molar-refractivity contribution is 0.0724. The molecule has 1 amide bonds. The maximum Gasteiger partial charge on any atom is 0.253 e. The van der Waals surface area contributed by atoms with Gasteiger partial charge in [0.1, 0.15) is 0 Å². The summed E-state index contributed by atoms with van der Waals surface area (Å²) in [4.78, 5) is 18.9. The first kappa shape index (κ1) is 23.2. The number of rotatable bonds is 5. The molecule has 0 atom stereocenters. The molecule has 1 aliphatic rings. The van der Waals surface area contributed by atoms with E-state index in [1.165, 1.54) is 12.0 Å². The Labute approximate surface area is 190 Å². The van der Waals surface area contributed by atoms with E-state index in [2.05, 4.69) is 36.3 Å². The quantitative estimate of drug-likeness (QED) is 0.342. The van der Waals surface area contributed by atoms with Crippen LogP contribution >= 0.6 is 24.0 Å². The zero-order valence-corrected chi connectivity index (χ0v) is 19.6. The van der Waals surface area contributed by atoms with Crippen LogP contribution in [0.2, 0.25) is 0 Å². The van der Waals surface area contributed by atoms with Crippen molar-refractivity contribution < 1.29 is 4.79 Å². The molecular formula is C23H31IN4O. The Morgan fingerprint density at radius 1 is 1.10 bits per heavy atom. The van der Waals surface area contributed by atoms with E-state index in [0.717, 1.165) is 42.7 Å². The summed E-state index contributed by atoms with van der Waals surface area (Å²) in [6.07, 6.45) is 3.42. The Balaban J connectivity index is 0.00000300. The number of aliphatic imine (C=N–C) groups is 1. The normalized spacial score (nSPS) is 14.4. The van der Waals surface area contributed by atoms with E-state index in [1.807, 2.05) is 41.3 Å². The van der Waals surface area contributed by atoms with Crippen molar-refractivity contribution in [1.29, 1.82) is 0 Å². The number of nitrogens with zero attached hydrogens (tertiary/aromatic N) is 2. The smallest absolute Gasteiger partial charge is 0.253 e. The van der Waals surface area contributed by atoms with Crippen LogP contribution in [0, 0.1) is 0 Å². The average Bonchev–Trinajstić information content (AvgIpc) is 2.73. The lowest BCUT2D eigenvalue weighted by Crippen LogP contribution is -2.35. The SMILES string of the molecule is CC(C)c1cccc(NC(N)=NCc2ccc(C(=O)N3CCCCC3)cc2)c1.I. The highest BCUT2D eigenvalue weighted by atomic mass is 127. The molecule has 0 unspecified atom stereocenters. The number of anilines is 1. The first-order chi connectivity index (χ1) is 13.5. The molecule has 1 aliphatic heterocycles. The predicted molar refractivity (Wildman–Crippen MR) is 131 cm³/mol. The summed E-state index contributed by atoms with van der Waals surface area (Å²) in [5.74, 6) is 0.974. The molecule has 1 heterocycles. The van der Waals surface area contributed by atoms with Gasteiger partial charge in [-0.2, -0.15) is 0 Å². The molecule has 156 valence electrons. The molecule has 1 fully saturated rings. The van der Waals surface area contributed by atoms with E-state index < -0.39 is 0 Å². The van der Waals surface area contributed by atoms with Crippen molar-refractivity contribution in [3.8, 4) is 0 Å². The van der Waals surface area contributed by atoms with Gasteiger partial charge in [-0.15, -0.1) is 24.0 Å². The number of hydrogen-bond acceptors (Lipinski definition) is 2. The van der Waals surface area contributed by atoms with Crippen molar-refractivity contribution in [2.24, 2.45) is 10.7 Å². The van der Waals surface area contributed by atoms with Crippen molar-refractivity contribution in [2.45, 2.75) is 45.6 Å². The Bertz CT molecular complexity index is 827. The minimum Gasteiger partial charge on any atom is -0.370 e. The maximum atomic E-state index is 12.5. The minimum absolute atomic E-state index is 0. The third kappa shape index (κ3) is 6.73. The van der Waals surface area contributed by atoms with Crippen molar-refractivity contribution in [3.63, 3.8) is 0 Å². The molecule has 0 bridgehead atoms. The number of carbonyl (C=O) groups is 1. The second-order valence-electron chi connectivity index (χ2n) is 7.66. The van der Waals surface area contributed by atoms with Gasteiger partial charge in [-0.05, 0) is 60.6 Å². The lowest BCUT2D eigenvalue weighted by atomic mass is 10.0. The van der Waals surface area contributed by atoms with Crippen molar-refractivity contribution >= 4 is 41.5 Å². The highest BCUT2D eigenvalue weighted by Crippen LogP contribution is 2.18. The molecule has 5 nitrogen and oxygen atoms in total. The van der Waals surface area contributed by atoms with Gasteiger partial charge in [-0.1, -0.05) is 38.1 Å². The monoisotopic (exact) mass is 506 g/mol. The average molecular weight is 506 g/mol. The Kier molecular flexibility index (Phi) is 8.95. The number of halogens is 1. The van der Waals surface area contributed by atoms with Crippen LogP contribution < -0.4 is 11.1 Å². The zero-order chi connectivity index (χ0) is 19.9. The maximum absolute atomic E-state index is 12.5. The van der Waals surface area contributed by atoms with E-state index in [1.54, 1.807) is 0 Å². The van der Waals surface area contributed by atoms with Crippen LogP contribution in [0.5, 0.6) is 0 Å². The summed E-state index contributed by atoms with van der Waals surface area (Å²) < 4.78 is 0. The number of hydrogen-bond donors (Lipinski definition) is 2. The second kappa shape index (κ2) is 11.2. The highest BCUT2D eigenvalue weighted by Gasteiger charge is 2.17. The summed E-state index contributed by atoms with van der Waals surface area (Å²) in [5.41, 5.74) is 10.00. The van der Waals surface area contributed by atoms with Crippen LogP contribution in [0.4, 0.5) is 5.69 Å². The van der Waals surface area contributed by atoms with Gasteiger partial charge >= 0.3 is 0 Å². The molecule has 0 radical (unpaired) electrons. The molecule has 0 saturated carbocycles. The zero-order valence-electron chi connectivity index (χ0n) is 17.2. The molecule has 3 N–H and O–H groups in total. The van der Waals surface area contributed by atoms with Crippen LogP contribution in [-0.2, 0) is 6.54 Å². The molecule has 29 heavy (non-hydrogen) atoms. The Morgan fingerprint density at radius 2 is 1.79 bits per heavy atom. The molecule has 0 spiro atoms. The third-order valence-electron chi connectivity index (χ3n) is 5.10. The summed E-state index contributed by atoms with van der Waals surface area (Å²) in [7, 11) is 0. The Morgan fingerprint density at radius 3 is 2.45 bits per heavy atom. The summed E-state index contributed by atoms with van der Waals surface area (Å²) >= 11 is 0. The second-order valence-corrected chi connectivity index (χ2v) is 7.66. The predicted octanol–water partition coefficient (Wildman–Crippen LogP) is 4.98. The van der Waals surface area contributed by atoms with Crippen LogP contribution in [-0.4, -0.2) is 29.9 Å². The number of carbonyl (C=O) groups excluding carboxylic acids is 1. The molecule has 2 aromatic carbocycles. The number of amides is 1. The number of guanidine groups is 1. The molecule has 3 rings (SSSR count). The van der Waals surface area contributed by atoms with E-state index in [4.69, 9.17) is 5.73 Å². The van der Waals surface area contributed by atoms with Crippen LogP contribution in [0.15, 0.2) is 53.5 Å². The number of nitrogens with two attached hydrogens (primary N) is 1. The fraction of sp³-hybridized carbons (Fsp3) is 0.391. The first-order valence-corrected chi connectivity index (χ1v) is 10.1. The van der Waals surface area contributed by atoms with E-state index >= 15 is 0 Å². The van der Waals surface area contributed by atoms with Gasteiger partial charge in [0.05, 0.1) is 6.54 Å². The molecule has 2 aromatic rings. The summed E-state index contributed by atoms with van der Waals surface area (Å²) in [6.45, 7) is 6.53. The lowest BCUT2D eigenvalue weighted by Gasteiger charge is -2.26. The molecule has 6 heteroatoms. The van der Waals surface area contributed by atoms with Gasteiger partial charge in [-0.25, -0.2) is 4.99 Å². The van der Waals surface area contributed by atoms with Gasteiger partial charge in [-0.3, -0.25) is 4.79 Å². The van der Waals surface area contributed by atoms with Gasteiger partial charge in [0.15, 0.2) is 5.96 Å². The van der Waals surface area contributed by atoms with Crippen molar-refractivity contribution in [1.82, 2.24) is 4.90 Å². The van der Waals surface area contributed by atoms with Crippen LogP contribution in [0.1, 0.15) is 60.5 Å². The van der Waals surface area contributed by atoms with Crippen LogP contribution in [0.25, 0.3) is 0 Å². The topological polar surface area (TPSA) is 70.7 Å². The largest absolute Gasteiger partial charge is 0.370 e. The number of likely N-dealkylation sites (tertiary alicyclic amines) is 1. The van der Waals surface area contributed by atoms with Gasteiger partial charge in [0.2, 0.25) is 0 Å². The van der Waals surface area contributed by atoms with Gasteiger partial charge in [0.25, 0.3) is 5.91 Å². The van der Waals surface area contributed by atoms with E-state index in [-0.39, 0.29) is 29.9 Å². The van der Waals surface area contributed by atoms with Crippen molar-refractivity contribution in [2.75, 3.05) is 18.4 Å². The Hall–Kier alpha value is -2.09. The van der Waals surface area contributed by atoms with Gasteiger partial charge < -0.3 is 16.0 Å². The fourth-order valence-corrected chi connectivity index (χ4v) is 3.37. The van der Waals surface area contributed by atoms with Gasteiger partial charge in [0, 0.05) is 24.3 Å². The number of benzene rings is 2. The van der Waals surface area contributed by atoms with Crippen molar-refractivity contribution in [3.05, 3.63) is 65.2 Å². The van der Waals surface area contributed by atoms with E-state index in [9.17, 15) is 4.79 Å².